The lowest BCUT2D eigenvalue weighted by atomic mass is 9.89. The van der Waals surface area contributed by atoms with Gasteiger partial charge in [-0.05, 0) is 64.7 Å². The molecule has 0 aliphatic carbocycles. The van der Waals surface area contributed by atoms with E-state index in [9.17, 15) is 0 Å². The lowest BCUT2D eigenvalue weighted by Gasteiger charge is -2.26. The van der Waals surface area contributed by atoms with Gasteiger partial charge in [0.05, 0.1) is 33.3 Å². The summed E-state index contributed by atoms with van der Waals surface area (Å²) < 4.78 is 9.31. The van der Waals surface area contributed by atoms with Crippen molar-refractivity contribution in [1.29, 1.82) is 0 Å². The van der Waals surface area contributed by atoms with E-state index in [1.165, 1.54) is 71.3 Å². The van der Waals surface area contributed by atoms with Gasteiger partial charge in [0.15, 0.2) is 5.58 Å². The summed E-state index contributed by atoms with van der Waals surface area (Å²) in [6, 6.07) is 78.3. The normalized spacial score (nSPS) is 12.4. The van der Waals surface area contributed by atoms with Crippen molar-refractivity contribution in [3.05, 3.63) is 254 Å². The van der Waals surface area contributed by atoms with Gasteiger partial charge in [-0.25, -0.2) is 0 Å². The van der Waals surface area contributed by atoms with E-state index in [2.05, 4.69) is 239 Å². The molecule has 4 heteroatoms. The minimum Gasteiger partial charge on any atom is -0.454 e. The van der Waals surface area contributed by atoms with E-state index in [1.54, 1.807) is 0 Å². The molecule has 0 saturated carbocycles. The third-order valence-electron chi connectivity index (χ3n) is 14.2. The van der Waals surface area contributed by atoms with Gasteiger partial charge in [0.2, 0.25) is 0 Å². The van der Waals surface area contributed by atoms with Crippen LogP contribution >= 0.6 is 0 Å². The summed E-state index contributed by atoms with van der Waals surface area (Å²) in [5, 5.41) is 9.37. The van der Waals surface area contributed by atoms with E-state index in [0.717, 1.165) is 66.5 Å². The van der Waals surface area contributed by atoms with Gasteiger partial charge < -0.3 is 18.7 Å². The first-order chi connectivity index (χ1) is 34.7. The molecule has 0 spiro atoms. The zero-order valence-electron chi connectivity index (χ0n) is 38.1. The van der Waals surface area contributed by atoms with Crippen LogP contribution in [0.4, 0.5) is 11.4 Å². The zero-order chi connectivity index (χ0) is 46.3. The second kappa shape index (κ2) is 15.9. The fourth-order valence-electron chi connectivity index (χ4n) is 11.3. The molecule has 4 heterocycles. The Kier molecular flexibility index (Phi) is 9.01. The standard InChI is InChI=1S/C66H43N3O/c1-2-46(30-17-23-42-21-7-3-8-22-42)68(56-37-20-34-51-49-31-15-16-38-57(49)70-66(51)56)47-39-40-55-54(41-47)50-33-19-36-53-61-58(44-26-11-5-12-27-44)63-60(59(45-28-13-6-14-29-45)65(61)69(55)64(50)53)52-35-18-32-48(62(52)67-63)43-24-9-4-10-25-43/h2-41,67H,1H2/b23-17+,46-30+. The molecule has 0 radical (unpaired) electrons. The molecular formula is C66H43N3O. The maximum Gasteiger partial charge on any atom is 0.159 e. The summed E-state index contributed by atoms with van der Waals surface area (Å²) in [7, 11) is 0. The number of fused-ring (bicyclic) bond motifs is 12. The highest BCUT2D eigenvalue weighted by molar-refractivity contribution is 6.36. The molecule has 4 aromatic heterocycles. The molecule has 0 atom stereocenters. The van der Waals surface area contributed by atoms with Crippen LogP contribution in [0.25, 0.3) is 121 Å². The first kappa shape index (κ1) is 39.8. The van der Waals surface area contributed by atoms with Crippen LogP contribution in [-0.4, -0.2) is 9.38 Å². The maximum atomic E-state index is 6.75. The number of aromatic amines is 1. The molecule has 0 fully saturated rings. The predicted molar refractivity (Wildman–Crippen MR) is 296 cm³/mol. The SMILES string of the molecule is C=C/C(=C\C=C\c1ccccc1)N(c1ccc2c(c1)c1cccc3c4c(-c5ccccc5)c5[nH]c6c(-c7ccccc7)cccc6c5c(-c5ccccc5)c4n2c13)c1cccc2c1oc1ccccc12. The summed E-state index contributed by atoms with van der Waals surface area (Å²) in [5.74, 6) is 0. The predicted octanol–water partition coefficient (Wildman–Crippen LogP) is 18.3. The minimum atomic E-state index is 0.822. The largest absolute Gasteiger partial charge is 0.454 e. The Hall–Kier alpha value is -9.38. The second-order valence-electron chi connectivity index (χ2n) is 18.1. The lowest BCUT2D eigenvalue weighted by molar-refractivity contribution is 0.669. The van der Waals surface area contributed by atoms with Crippen molar-refractivity contribution in [3.63, 3.8) is 0 Å². The van der Waals surface area contributed by atoms with E-state index < -0.39 is 0 Å². The highest BCUT2D eigenvalue weighted by Crippen LogP contribution is 2.53. The average molecular weight is 894 g/mol. The van der Waals surface area contributed by atoms with Crippen LogP contribution in [0.5, 0.6) is 0 Å². The van der Waals surface area contributed by atoms with Gasteiger partial charge in [0.25, 0.3) is 0 Å². The molecular weight excluding hydrogens is 851 g/mol. The number of hydrogen-bond donors (Lipinski definition) is 1. The Balaban J connectivity index is 1.09. The quantitative estimate of drug-likeness (QED) is 0.147. The van der Waals surface area contributed by atoms with Crippen molar-refractivity contribution in [1.82, 2.24) is 9.38 Å². The Bertz CT molecular complexity index is 4400. The second-order valence-corrected chi connectivity index (χ2v) is 18.1. The summed E-state index contributed by atoms with van der Waals surface area (Å²) >= 11 is 0. The minimum absolute atomic E-state index is 0.822. The van der Waals surface area contributed by atoms with Crippen LogP contribution in [-0.2, 0) is 0 Å². The molecule has 0 aliphatic heterocycles. The molecule has 1 N–H and O–H groups in total. The Morgan fingerprint density at radius 2 is 1.13 bits per heavy atom. The molecule has 0 saturated heterocycles. The van der Waals surface area contributed by atoms with Gasteiger partial charge in [-0.2, -0.15) is 0 Å². The van der Waals surface area contributed by atoms with E-state index in [-0.39, 0.29) is 0 Å². The van der Waals surface area contributed by atoms with Crippen LogP contribution in [0.2, 0.25) is 0 Å². The monoisotopic (exact) mass is 893 g/mol. The molecule has 0 bridgehead atoms. The van der Waals surface area contributed by atoms with Gasteiger partial charge in [-0.1, -0.05) is 207 Å². The number of allylic oxidation sites excluding steroid dienone is 3. The Morgan fingerprint density at radius 3 is 1.90 bits per heavy atom. The smallest absolute Gasteiger partial charge is 0.159 e. The number of benzene rings is 10. The van der Waals surface area contributed by atoms with E-state index >= 15 is 0 Å². The molecule has 4 nitrogen and oxygen atoms in total. The molecule has 0 amide bonds. The third-order valence-corrected chi connectivity index (χ3v) is 14.2. The number of nitrogens with one attached hydrogen (secondary N) is 1. The van der Waals surface area contributed by atoms with Crippen molar-refractivity contribution < 1.29 is 4.42 Å². The number of furan rings is 1. The number of hydrogen-bond acceptors (Lipinski definition) is 2. The number of H-pyrrole nitrogens is 1. The van der Waals surface area contributed by atoms with E-state index in [1.807, 2.05) is 24.3 Å². The van der Waals surface area contributed by atoms with Crippen LogP contribution in [0.15, 0.2) is 253 Å². The van der Waals surface area contributed by atoms with Crippen LogP contribution < -0.4 is 4.90 Å². The Labute approximate surface area is 403 Å². The van der Waals surface area contributed by atoms with Crippen LogP contribution in [0.3, 0.4) is 0 Å². The van der Waals surface area contributed by atoms with E-state index in [4.69, 9.17) is 4.42 Å². The van der Waals surface area contributed by atoms with Crippen molar-refractivity contribution in [3.8, 4) is 33.4 Å². The highest BCUT2D eigenvalue weighted by atomic mass is 16.3. The first-order valence-electron chi connectivity index (χ1n) is 23.9. The fraction of sp³-hybridized carbons (Fsp3) is 0. The fourth-order valence-corrected chi connectivity index (χ4v) is 11.3. The molecule has 14 aromatic rings. The van der Waals surface area contributed by atoms with Crippen LogP contribution in [0.1, 0.15) is 5.56 Å². The van der Waals surface area contributed by atoms with Crippen molar-refractivity contribution >= 4 is 99.3 Å². The molecule has 14 rings (SSSR count). The summed E-state index contributed by atoms with van der Waals surface area (Å²) in [6.07, 6.45) is 8.31. The number of para-hydroxylation sites is 4. The first-order valence-corrected chi connectivity index (χ1v) is 23.9. The van der Waals surface area contributed by atoms with Crippen molar-refractivity contribution in [2.24, 2.45) is 0 Å². The van der Waals surface area contributed by atoms with Gasteiger partial charge in [0, 0.05) is 71.2 Å². The molecule has 70 heavy (non-hydrogen) atoms. The summed E-state index contributed by atoms with van der Waals surface area (Å²) in [5.41, 5.74) is 18.6. The number of anilines is 2. The highest BCUT2D eigenvalue weighted by Gasteiger charge is 2.29. The molecule has 328 valence electrons. The number of aromatic nitrogens is 2. The topological polar surface area (TPSA) is 36.6 Å². The summed E-state index contributed by atoms with van der Waals surface area (Å²) in [4.78, 5) is 6.39. The van der Waals surface area contributed by atoms with Gasteiger partial charge in [0.1, 0.15) is 5.58 Å². The van der Waals surface area contributed by atoms with E-state index in [0.29, 0.717) is 0 Å². The lowest BCUT2D eigenvalue weighted by Crippen LogP contribution is -2.15. The summed E-state index contributed by atoms with van der Waals surface area (Å²) in [6.45, 7) is 4.40. The van der Waals surface area contributed by atoms with Crippen molar-refractivity contribution in [2.75, 3.05) is 4.90 Å². The molecule has 0 unspecified atom stereocenters. The average Bonchev–Trinajstić information content (AvgIpc) is 4.19. The maximum absolute atomic E-state index is 6.75. The third kappa shape index (κ3) is 5.97. The van der Waals surface area contributed by atoms with Gasteiger partial charge in [-0.15, -0.1) is 0 Å². The van der Waals surface area contributed by atoms with Crippen molar-refractivity contribution in [2.45, 2.75) is 0 Å². The van der Waals surface area contributed by atoms with Crippen LogP contribution in [0, 0.1) is 0 Å². The zero-order valence-corrected chi connectivity index (χ0v) is 38.1. The molecule has 10 aromatic carbocycles. The number of nitrogens with zero attached hydrogens (tertiary/aromatic N) is 2. The molecule has 0 aliphatic rings. The Morgan fingerprint density at radius 1 is 0.500 bits per heavy atom. The van der Waals surface area contributed by atoms with Gasteiger partial charge in [-0.3, -0.25) is 0 Å². The van der Waals surface area contributed by atoms with Gasteiger partial charge >= 0.3 is 0 Å². The number of rotatable bonds is 9.